The second-order valence-electron chi connectivity index (χ2n) is 5.76. The van der Waals surface area contributed by atoms with Crippen molar-refractivity contribution in [3.05, 3.63) is 0 Å². The Morgan fingerprint density at radius 1 is 1.26 bits per heavy atom. The molecule has 2 saturated carbocycles. The molecule has 0 aromatic rings. The van der Waals surface area contributed by atoms with Gasteiger partial charge >= 0.3 is 6.18 Å². The number of nitrogens with one attached hydrogen (secondary N) is 1. The summed E-state index contributed by atoms with van der Waals surface area (Å²) in [6, 6.07) is 0. The molecule has 0 saturated heterocycles. The zero-order chi connectivity index (χ0) is 14.2. The van der Waals surface area contributed by atoms with Gasteiger partial charge in [0.05, 0.1) is 5.92 Å². The molecule has 0 heterocycles. The van der Waals surface area contributed by atoms with Crippen LogP contribution in [0.3, 0.4) is 0 Å². The van der Waals surface area contributed by atoms with Crippen LogP contribution >= 0.6 is 0 Å². The van der Waals surface area contributed by atoms with E-state index in [1.165, 1.54) is 7.05 Å². The molecule has 6 heteroatoms. The van der Waals surface area contributed by atoms with Gasteiger partial charge < -0.3 is 5.32 Å². The minimum absolute atomic E-state index is 0.144. The summed E-state index contributed by atoms with van der Waals surface area (Å²) >= 11 is 0. The van der Waals surface area contributed by atoms with Gasteiger partial charge in [0.2, 0.25) is 5.91 Å². The third-order valence-electron chi connectivity index (χ3n) is 4.45. The Morgan fingerprint density at radius 2 is 1.89 bits per heavy atom. The molecule has 0 aliphatic heterocycles. The minimum Gasteiger partial charge on any atom is -0.359 e. The van der Waals surface area contributed by atoms with Crippen molar-refractivity contribution in [3.8, 4) is 0 Å². The number of halogens is 4. The van der Waals surface area contributed by atoms with Crippen molar-refractivity contribution in [1.29, 1.82) is 0 Å². The Balaban J connectivity index is 2.18. The van der Waals surface area contributed by atoms with Gasteiger partial charge in [0.25, 0.3) is 0 Å². The first-order valence-electron chi connectivity index (χ1n) is 6.74. The zero-order valence-electron chi connectivity index (χ0n) is 10.8. The second-order valence-corrected chi connectivity index (χ2v) is 5.76. The first-order chi connectivity index (χ1) is 8.82. The molecular formula is C13H19F4NO. The number of rotatable bonds is 3. The van der Waals surface area contributed by atoms with Crippen LogP contribution in [-0.2, 0) is 4.79 Å². The van der Waals surface area contributed by atoms with Crippen molar-refractivity contribution < 1.29 is 22.4 Å². The summed E-state index contributed by atoms with van der Waals surface area (Å²) in [5, 5.41) is 2.38. The summed E-state index contributed by atoms with van der Waals surface area (Å²) in [6.45, 7) is 0. The third kappa shape index (κ3) is 3.39. The van der Waals surface area contributed by atoms with E-state index < -0.39 is 30.6 Å². The second kappa shape index (κ2) is 5.29. The smallest absolute Gasteiger partial charge is 0.359 e. The Morgan fingerprint density at radius 3 is 2.37 bits per heavy atom. The summed E-state index contributed by atoms with van der Waals surface area (Å²) in [6.07, 6.45) is -4.53. The van der Waals surface area contributed by atoms with Gasteiger partial charge in [-0.15, -0.1) is 0 Å². The molecule has 0 aromatic carbocycles. The number of amides is 1. The Hall–Kier alpha value is -0.810. The van der Waals surface area contributed by atoms with Gasteiger partial charge in [0.15, 0.2) is 0 Å². The molecule has 2 aliphatic rings. The third-order valence-corrected chi connectivity index (χ3v) is 4.45. The van der Waals surface area contributed by atoms with Crippen molar-refractivity contribution in [2.75, 3.05) is 7.05 Å². The van der Waals surface area contributed by atoms with Gasteiger partial charge in [0, 0.05) is 13.5 Å². The fourth-order valence-electron chi connectivity index (χ4n) is 3.37. The molecule has 19 heavy (non-hydrogen) atoms. The molecule has 1 N–H and O–H groups in total. The van der Waals surface area contributed by atoms with E-state index in [0.717, 1.165) is 12.8 Å². The maximum absolute atomic E-state index is 13.6. The van der Waals surface area contributed by atoms with Crippen LogP contribution in [0.4, 0.5) is 17.6 Å². The monoisotopic (exact) mass is 281 g/mol. The lowest BCUT2D eigenvalue weighted by molar-refractivity contribution is -0.210. The Labute approximate surface area is 109 Å². The van der Waals surface area contributed by atoms with E-state index >= 15 is 0 Å². The summed E-state index contributed by atoms with van der Waals surface area (Å²) in [4.78, 5) is 11.5. The van der Waals surface area contributed by atoms with E-state index in [4.69, 9.17) is 0 Å². The predicted octanol–water partition coefficient (Wildman–Crippen LogP) is 3.08. The summed E-state index contributed by atoms with van der Waals surface area (Å²) < 4.78 is 52.8. The quantitative estimate of drug-likeness (QED) is 0.791. The van der Waals surface area contributed by atoms with Crippen LogP contribution in [-0.4, -0.2) is 25.3 Å². The molecule has 1 amide bonds. The van der Waals surface area contributed by atoms with Crippen LogP contribution < -0.4 is 5.32 Å². The van der Waals surface area contributed by atoms with Crippen LogP contribution in [0.2, 0.25) is 0 Å². The SMILES string of the molecule is CNC(=O)CC1C(C2CC2)CC(F)CC1C(F)(F)F. The highest BCUT2D eigenvalue weighted by Gasteiger charge is 2.54. The average Bonchev–Trinajstić information content (AvgIpc) is 3.13. The molecule has 4 atom stereocenters. The summed E-state index contributed by atoms with van der Waals surface area (Å²) in [5.41, 5.74) is 0. The van der Waals surface area contributed by atoms with Crippen LogP contribution in [0.15, 0.2) is 0 Å². The zero-order valence-corrected chi connectivity index (χ0v) is 10.8. The molecular weight excluding hydrogens is 262 g/mol. The number of hydrogen-bond acceptors (Lipinski definition) is 1. The van der Waals surface area contributed by atoms with E-state index in [1.807, 2.05) is 0 Å². The fourth-order valence-corrected chi connectivity index (χ4v) is 3.37. The van der Waals surface area contributed by atoms with E-state index in [2.05, 4.69) is 5.32 Å². The van der Waals surface area contributed by atoms with Crippen LogP contribution in [0.5, 0.6) is 0 Å². The van der Waals surface area contributed by atoms with Crippen molar-refractivity contribution in [2.45, 2.75) is 44.5 Å². The minimum atomic E-state index is -4.42. The van der Waals surface area contributed by atoms with Gasteiger partial charge in [-0.1, -0.05) is 0 Å². The highest BCUT2D eigenvalue weighted by molar-refractivity contribution is 5.75. The number of carbonyl (C=O) groups excluding carboxylic acids is 1. The molecule has 4 unspecified atom stereocenters. The van der Waals surface area contributed by atoms with E-state index in [1.54, 1.807) is 0 Å². The molecule has 110 valence electrons. The van der Waals surface area contributed by atoms with E-state index in [0.29, 0.717) is 0 Å². The molecule has 2 nitrogen and oxygen atoms in total. The Bertz CT molecular complexity index is 340. The van der Waals surface area contributed by atoms with Crippen LogP contribution in [0, 0.1) is 23.7 Å². The van der Waals surface area contributed by atoms with E-state index in [-0.39, 0.29) is 30.6 Å². The molecule has 0 bridgehead atoms. The molecule has 2 aliphatic carbocycles. The highest BCUT2D eigenvalue weighted by atomic mass is 19.4. The maximum Gasteiger partial charge on any atom is 0.392 e. The first kappa shape index (κ1) is 14.6. The van der Waals surface area contributed by atoms with Gasteiger partial charge in [-0.2, -0.15) is 13.2 Å². The normalized spacial score (nSPS) is 36.1. The lowest BCUT2D eigenvalue weighted by atomic mass is 9.67. The fraction of sp³-hybridized carbons (Fsp3) is 0.923. The van der Waals surface area contributed by atoms with Gasteiger partial charge in [0.1, 0.15) is 6.17 Å². The van der Waals surface area contributed by atoms with Gasteiger partial charge in [-0.05, 0) is 43.4 Å². The van der Waals surface area contributed by atoms with Crippen molar-refractivity contribution in [3.63, 3.8) is 0 Å². The molecule has 0 aromatic heterocycles. The van der Waals surface area contributed by atoms with Crippen LogP contribution in [0.1, 0.15) is 32.1 Å². The number of hydrogen-bond donors (Lipinski definition) is 1. The lowest BCUT2D eigenvalue weighted by Crippen LogP contribution is -2.44. The van der Waals surface area contributed by atoms with Gasteiger partial charge in [-0.25, -0.2) is 4.39 Å². The summed E-state index contributed by atoms with van der Waals surface area (Å²) in [7, 11) is 1.41. The molecule has 2 fully saturated rings. The van der Waals surface area contributed by atoms with Crippen molar-refractivity contribution in [1.82, 2.24) is 5.32 Å². The standard InChI is InChI=1S/C13H19F4NO/c1-18-12(19)6-10-9(7-2-3-7)4-8(14)5-11(10)13(15,16)17/h7-11H,2-6H2,1H3,(H,18,19). The van der Waals surface area contributed by atoms with Crippen LogP contribution in [0.25, 0.3) is 0 Å². The van der Waals surface area contributed by atoms with Crippen molar-refractivity contribution in [2.24, 2.45) is 23.7 Å². The molecule has 0 spiro atoms. The van der Waals surface area contributed by atoms with Crippen molar-refractivity contribution >= 4 is 5.91 Å². The predicted molar refractivity (Wildman–Crippen MR) is 62.1 cm³/mol. The average molecular weight is 281 g/mol. The number of alkyl halides is 4. The maximum atomic E-state index is 13.6. The first-order valence-corrected chi connectivity index (χ1v) is 6.74. The van der Waals surface area contributed by atoms with Gasteiger partial charge in [-0.3, -0.25) is 4.79 Å². The number of carbonyl (C=O) groups is 1. The Kier molecular flexibility index (Phi) is 4.06. The van der Waals surface area contributed by atoms with E-state index in [9.17, 15) is 22.4 Å². The topological polar surface area (TPSA) is 29.1 Å². The highest BCUT2D eigenvalue weighted by Crippen LogP contribution is 2.53. The lowest BCUT2D eigenvalue weighted by Gasteiger charge is -2.40. The largest absolute Gasteiger partial charge is 0.392 e. The molecule has 0 radical (unpaired) electrons. The summed E-state index contributed by atoms with van der Waals surface area (Å²) in [5.74, 6) is -2.95. The molecule has 2 rings (SSSR count).